The van der Waals surface area contributed by atoms with E-state index in [0.717, 1.165) is 0 Å². The first kappa shape index (κ1) is 22.9. The number of hydrogen-bond acceptors (Lipinski definition) is 4. The smallest absolute Gasteiger partial charge is 0.250 e. The van der Waals surface area contributed by atoms with E-state index in [0.29, 0.717) is 0 Å². The zero-order valence-corrected chi connectivity index (χ0v) is 17.8. The molecule has 3 aliphatic rings. The van der Waals surface area contributed by atoms with E-state index in [9.17, 15) is 19.2 Å². The molecule has 4 amide bonds. The minimum Gasteiger partial charge on any atom is -0.289 e. The van der Waals surface area contributed by atoms with Crippen molar-refractivity contribution < 1.29 is 19.2 Å². The number of carbonyl (C=O) groups excluding carboxylic acids is 4. The minimum absolute atomic E-state index is 0.265. The van der Waals surface area contributed by atoms with Gasteiger partial charge >= 0.3 is 0 Å². The monoisotopic (exact) mass is 430 g/mol. The number of nitrogens with one attached hydrogen (secondary N) is 2. The Morgan fingerprint density at radius 3 is 1.12 bits per heavy atom. The summed E-state index contributed by atoms with van der Waals surface area (Å²) >= 11 is 0. The van der Waals surface area contributed by atoms with Gasteiger partial charge in [-0.1, -0.05) is 79.9 Å². The normalized spacial score (nSPS) is 18.1. The first-order chi connectivity index (χ1) is 15.5. The quantitative estimate of drug-likeness (QED) is 0.715. The third kappa shape index (κ3) is 6.11. The summed E-state index contributed by atoms with van der Waals surface area (Å²) in [5.74, 6) is -1.31. The van der Waals surface area contributed by atoms with Crippen molar-refractivity contribution in [3.05, 3.63) is 96.1 Å². The summed E-state index contributed by atoms with van der Waals surface area (Å²) < 4.78 is 0. The van der Waals surface area contributed by atoms with Gasteiger partial charge in [-0.15, -0.1) is 0 Å². The first-order valence-corrected chi connectivity index (χ1v) is 10.7. The lowest BCUT2D eigenvalue weighted by molar-refractivity contribution is -0.125. The van der Waals surface area contributed by atoms with Crippen LogP contribution in [0.4, 0.5) is 0 Å². The predicted octanol–water partition coefficient (Wildman–Crippen LogP) is 3.33. The van der Waals surface area contributed by atoms with Crippen LogP contribution in [0.3, 0.4) is 0 Å². The second-order valence-electron chi connectivity index (χ2n) is 7.75. The highest BCUT2D eigenvalue weighted by Crippen LogP contribution is 2.44. The van der Waals surface area contributed by atoms with Gasteiger partial charge in [0.2, 0.25) is 0 Å². The Kier molecular flexibility index (Phi) is 7.86. The molecule has 1 saturated carbocycles. The highest BCUT2D eigenvalue weighted by molar-refractivity contribution is 6.13. The lowest BCUT2D eigenvalue weighted by Crippen LogP contribution is -2.30. The Labute approximate surface area is 187 Å². The van der Waals surface area contributed by atoms with E-state index < -0.39 is 0 Å². The number of benzene rings is 2. The van der Waals surface area contributed by atoms with E-state index in [4.69, 9.17) is 0 Å². The summed E-state index contributed by atoms with van der Waals surface area (Å²) in [4.78, 5) is 40.1. The maximum absolute atomic E-state index is 10.0. The van der Waals surface area contributed by atoms with Crippen molar-refractivity contribution in [1.29, 1.82) is 0 Å². The summed E-state index contributed by atoms with van der Waals surface area (Å²) in [6, 6.07) is 22.1. The Balaban J connectivity index is 0.000000169. The zero-order valence-electron chi connectivity index (χ0n) is 17.8. The summed E-state index contributed by atoms with van der Waals surface area (Å²) in [5.41, 5.74) is 3.26. The molecule has 2 heterocycles. The van der Waals surface area contributed by atoms with Gasteiger partial charge in [-0.2, -0.15) is 0 Å². The van der Waals surface area contributed by atoms with Gasteiger partial charge in [0.25, 0.3) is 23.6 Å². The number of amides is 4. The maximum atomic E-state index is 10.0. The third-order valence-electron chi connectivity index (χ3n) is 5.62. The van der Waals surface area contributed by atoms with Gasteiger partial charge in [-0.05, 0) is 24.0 Å². The van der Waals surface area contributed by atoms with Crippen molar-refractivity contribution >= 4 is 23.6 Å². The van der Waals surface area contributed by atoms with Crippen molar-refractivity contribution in [2.75, 3.05) is 0 Å². The Morgan fingerprint density at radius 2 is 0.844 bits per heavy atom. The molecule has 32 heavy (non-hydrogen) atoms. The van der Waals surface area contributed by atoms with Gasteiger partial charge < -0.3 is 0 Å². The Morgan fingerprint density at radius 1 is 0.500 bits per heavy atom. The number of rotatable bonds is 2. The zero-order chi connectivity index (χ0) is 22.8. The van der Waals surface area contributed by atoms with Crippen molar-refractivity contribution in [2.24, 2.45) is 0 Å². The van der Waals surface area contributed by atoms with Crippen LogP contribution >= 0.6 is 0 Å². The molecule has 0 bridgehead atoms. The molecule has 6 nitrogen and oxygen atoms in total. The van der Waals surface area contributed by atoms with Gasteiger partial charge in [0.05, 0.1) is 0 Å². The largest absolute Gasteiger partial charge is 0.289 e. The van der Waals surface area contributed by atoms with E-state index in [1.54, 1.807) is 0 Å². The molecule has 2 aromatic rings. The fraction of sp³-hybridized carbons (Fsp3) is 0.231. The molecule has 0 atom stereocenters. The molecule has 0 spiro atoms. The molecule has 2 aromatic carbocycles. The summed E-state index contributed by atoms with van der Waals surface area (Å²) in [6.07, 6.45) is 11.5. The fourth-order valence-corrected chi connectivity index (χ4v) is 4.13. The van der Waals surface area contributed by atoms with Gasteiger partial charge in [0.15, 0.2) is 0 Å². The molecule has 1 aliphatic carbocycles. The van der Waals surface area contributed by atoms with Gasteiger partial charge in [0.1, 0.15) is 0 Å². The Bertz CT molecular complexity index is 911. The van der Waals surface area contributed by atoms with E-state index in [1.165, 1.54) is 67.5 Å². The molecule has 5 rings (SSSR count). The molecule has 0 radical (unpaired) electrons. The molecule has 0 aromatic heterocycles. The lowest BCUT2D eigenvalue weighted by Gasteiger charge is -2.38. The molecule has 6 heteroatoms. The molecule has 2 aliphatic heterocycles. The Hall–Kier alpha value is -3.80. The van der Waals surface area contributed by atoms with Crippen LogP contribution in [0.5, 0.6) is 0 Å². The van der Waals surface area contributed by atoms with Crippen molar-refractivity contribution in [3.63, 3.8) is 0 Å². The molecule has 0 saturated heterocycles. The minimum atomic E-state index is -0.329. The maximum Gasteiger partial charge on any atom is 0.250 e. The van der Waals surface area contributed by atoms with E-state index in [-0.39, 0.29) is 29.0 Å². The van der Waals surface area contributed by atoms with Crippen LogP contribution in [0.1, 0.15) is 43.2 Å². The lowest BCUT2D eigenvalue weighted by atomic mass is 9.65. The SMILES string of the molecule is O=C1C=CC(=O)N1.O=C1C=CC(=O)N1.c1ccc(C2(c3ccccc3)CCCCC2)cc1. The molecular weight excluding hydrogens is 404 g/mol. The highest BCUT2D eigenvalue weighted by Gasteiger charge is 2.35. The molecular formula is C26H26N2O4. The van der Waals surface area contributed by atoms with Crippen LogP contribution in [-0.2, 0) is 24.6 Å². The molecule has 0 unspecified atom stereocenters. The summed E-state index contributed by atoms with van der Waals surface area (Å²) in [5, 5.41) is 4.06. The molecule has 1 fully saturated rings. The standard InChI is InChI=1S/C18H20.2C4H3NO2/c1-4-10-16(11-5-1)18(14-8-3-9-15-18)17-12-6-2-7-13-17;2*6-3-1-2-4(7)5-3/h1-2,4-7,10-13H,3,8-9,14-15H2;2*1-2H,(H,5,6,7). The van der Waals surface area contributed by atoms with Gasteiger partial charge in [-0.3, -0.25) is 29.8 Å². The third-order valence-corrected chi connectivity index (χ3v) is 5.62. The van der Waals surface area contributed by atoms with Crippen molar-refractivity contribution in [1.82, 2.24) is 10.6 Å². The van der Waals surface area contributed by atoms with Crippen LogP contribution in [0.25, 0.3) is 0 Å². The number of carbonyl (C=O) groups is 4. The van der Waals surface area contributed by atoms with Crippen LogP contribution in [0.15, 0.2) is 85.0 Å². The van der Waals surface area contributed by atoms with Crippen LogP contribution in [0, 0.1) is 0 Å². The van der Waals surface area contributed by atoms with Gasteiger partial charge in [0, 0.05) is 29.7 Å². The van der Waals surface area contributed by atoms with Crippen LogP contribution < -0.4 is 10.6 Å². The first-order valence-electron chi connectivity index (χ1n) is 10.7. The summed E-state index contributed by atoms with van der Waals surface area (Å²) in [6.45, 7) is 0. The topological polar surface area (TPSA) is 92.3 Å². The van der Waals surface area contributed by atoms with Gasteiger partial charge in [-0.25, -0.2) is 0 Å². The predicted molar refractivity (Wildman–Crippen MR) is 121 cm³/mol. The molecule has 164 valence electrons. The van der Waals surface area contributed by atoms with E-state index >= 15 is 0 Å². The second kappa shape index (κ2) is 11.0. The van der Waals surface area contributed by atoms with Crippen molar-refractivity contribution in [2.45, 2.75) is 37.5 Å². The van der Waals surface area contributed by atoms with Crippen LogP contribution in [-0.4, -0.2) is 23.6 Å². The second-order valence-corrected chi connectivity index (χ2v) is 7.75. The number of hydrogen-bond donors (Lipinski definition) is 2. The van der Waals surface area contributed by atoms with E-state index in [2.05, 4.69) is 60.7 Å². The molecule has 2 N–H and O–H groups in total. The van der Waals surface area contributed by atoms with E-state index in [1.807, 2.05) is 10.6 Å². The summed E-state index contributed by atoms with van der Waals surface area (Å²) in [7, 11) is 0. The van der Waals surface area contributed by atoms with Crippen molar-refractivity contribution in [3.8, 4) is 0 Å². The van der Waals surface area contributed by atoms with Crippen LogP contribution in [0.2, 0.25) is 0 Å². The number of imide groups is 2. The average molecular weight is 431 g/mol. The highest BCUT2D eigenvalue weighted by atomic mass is 16.2. The fourth-order valence-electron chi connectivity index (χ4n) is 4.13. The average Bonchev–Trinajstić information content (AvgIpc) is 3.41.